The minimum absolute atomic E-state index is 0.139. The second-order valence-corrected chi connectivity index (χ2v) is 11.2. The van der Waals surface area contributed by atoms with Crippen molar-refractivity contribution in [3.05, 3.63) is 71.3 Å². The predicted molar refractivity (Wildman–Crippen MR) is 154 cm³/mol. The molecule has 0 saturated heterocycles. The van der Waals surface area contributed by atoms with Crippen LogP contribution >= 0.6 is 0 Å². The first-order valence-electron chi connectivity index (χ1n) is 14.7. The Bertz CT molecular complexity index is 881. The van der Waals surface area contributed by atoms with E-state index in [4.69, 9.17) is 0 Å². The van der Waals surface area contributed by atoms with Gasteiger partial charge in [0, 0.05) is 11.1 Å². The van der Waals surface area contributed by atoms with Gasteiger partial charge >= 0.3 is 0 Å². The van der Waals surface area contributed by atoms with Crippen molar-refractivity contribution in [3.63, 3.8) is 0 Å². The average Bonchev–Trinajstić information content (AvgIpc) is 2.90. The zero-order chi connectivity index (χ0) is 26.1. The lowest BCUT2D eigenvalue weighted by molar-refractivity contribution is 0.0815. The molecular formula is C34H50O2. The van der Waals surface area contributed by atoms with Crippen molar-refractivity contribution >= 4 is 11.6 Å². The third-order valence-corrected chi connectivity index (χ3v) is 7.55. The minimum Gasteiger partial charge on any atom is -0.285 e. The Balaban J connectivity index is 1.66. The summed E-state index contributed by atoms with van der Waals surface area (Å²) >= 11 is 0. The van der Waals surface area contributed by atoms with Gasteiger partial charge in [0.05, 0.1) is 0 Å². The summed E-state index contributed by atoms with van der Waals surface area (Å²) in [6.07, 6.45) is 21.4. The zero-order valence-electron chi connectivity index (χ0n) is 23.3. The SMILES string of the molecule is CCCCCCCCCCCCCCCCCC(C)(C)c1ccccc1C(=O)C(=O)c1ccccc1. The highest BCUT2D eigenvalue weighted by atomic mass is 16.2. The highest BCUT2D eigenvalue weighted by Gasteiger charge is 2.28. The molecule has 0 atom stereocenters. The molecule has 2 rings (SSSR count). The van der Waals surface area contributed by atoms with Gasteiger partial charge in [-0.15, -0.1) is 0 Å². The number of ketones is 2. The van der Waals surface area contributed by atoms with Crippen molar-refractivity contribution in [2.24, 2.45) is 0 Å². The van der Waals surface area contributed by atoms with E-state index in [1.807, 2.05) is 30.3 Å². The first kappa shape index (κ1) is 30.0. The Morgan fingerprint density at radius 1 is 0.556 bits per heavy atom. The summed E-state index contributed by atoms with van der Waals surface area (Å²) in [5.41, 5.74) is 1.86. The van der Waals surface area contributed by atoms with Crippen LogP contribution < -0.4 is 0 Å². The summed E-state index contributed by atoms with van der Waals surface area (Å²) in [5, 5.41) is 0. The molecule has 0 aromatic heterocycles. The minimum atomic E-state index is -0.425. The lowest BCUT2D eigenvalue weighted by Gasteiger charge is -2.27. The van der Waals surface area contributed by atoms with E-state index in [0.29, 0.717) is 11.1 Å². The maximum absolute atomic E-state index is 13.1. The Labute approximate surface area is 221 Å². The monoisotopic (exact) mass is 490 g/mol. The van der Waals surface area contributed by atoms with Crippen LogP contribution in [0.3, 0.4) is 0 Å². The molecule has 2 nitrogen and oxygen atoms in total. The molecule has 0 saturated carbocycles. The highest BCUT2D eigenvalue weighted by molar-refractivity contribution is 6.49. The molecule has 0 aliphatic heterocycles. The van der Waals surface area contributed by atoms with Crippen molar-refractivity contribution in [1.29, 1.82) is 0 Å². The third-order valence-electron chi connectivity index (χ3n) is 7.55. The van der Waals surface area contributed by atoms with E-state index in [1.54, 1.807) is 24.3 Å². The van der Waals surface area contributed by atoms with Crippen molar-refractivity contribution < 1.29 is 9.59 Å². The van der Waals surface area contributed by atoms with Crippen molar-refractivity contribution in [2.75, 3.05) is 0 Å². The van der Waals surface area contributed by atoms with E-state index in [9.17, 15) is 9.59 Å². The van der Waals surface area contributed by atoms with Crippen LogP contribution in [-0.2, 0) is 5.41 Å². The fourth-order valence-corrected chi connectivity index (χ4v) is 5.19. The Hall–Kier alpha value is -2.22. The van der Waals surface area contributed by atoms with Gasteiger partial charge < -0.3 is 0 Å². The topological polar surface area (TPSA) is 34.1 Å². The van der Waals surface area contributed by atoms with Crippen molar-refractivity contribution in [3.8, 4) is 0 Å². The maximum Gasteiger partial charge on any atom is 0.233 e. The number of carbonyl (C=O) groups excluding carboxylic acids is 2. The molecule has 0 N–H and O–H groups in total. The Morgan fingerprint density at radius 3 is 1.53 bits per heavy atom. The van der Waals surface area contributed by atoms with Crippen LogP contribution in [0.2, 0.25) is 0 Å². The molecule has 198 valence electrons. The largest absolute Gasteiger partial charge is 0.285 e. The van der Waals surface area contributed by atoms with Crippen molar-refractivity contribution in [2.45, 2.75) is 129 Å². The van der Waals surface area contributed by atoms with Gasteiger partial charge in [-0.1, -0.05) is 172 Å². The molecule has 2 heteroatoms. The second-order valence-electron chi connectivity index (χ2n) is 11.2. The van der Waals surface area contributed by atoms with Gasteiger partial charge in [-0.3, -0.25) is 9.59 Å². The molecule has 0 fully saturated rings. The van der Waals surface area contributed by atoms with Crippen LogP contribution in [0.5, 0.6) is 0 Å². The van der Waals surface area contributed by atoms with Crippen LogP contribution in [0.1, 0.15) is 150 Å². The van der Waals surface area contributed by atoms with Crippen LogP contribution in [0.15, 0.2) is 54.6 Å². The van der Waals surface area contributed by atoms with E-state index < -0.39 is 11.6 Å². The average molecular weight is 491 g/mol. The van der Waals surface area contributed by atoms with E-state index in [1.165, 1.54) is 89.9 Å². The van der Waals surface area contributed by atoms with E-state index >= 15 is 0 Å². The van der Waals surface area contributed by atoms with Crippen LogP contribution in [0, 0.1) is 0 Å². The van der Waals surface area contributed by atoms with Gasteiger partial charge in [-0.25, -0.2) is 0 Å². The summed E-state index contributed by atoms with van der Waals surface area (Å²) in [4.78, 5) is 25.9. The van der Waals surface area contributed by atoms with Crippen LogP contribution in [-0.4, -0.2) is 11.6 Å². The second kappa shape index (κ2) is 17.3. The Morgan fingerprint density at radius 2 is 1.00 bits per heavy atom. The molecule has 2 aromatic carbocycles. The summed E-state index contributed by atoms with van der Waals surface area (Å²) in [6, 6.07) is 16.6. The van der Waals surface area contributed by atoms with Crippen molar-refractivity contribution in [1.82, 2.24) is 0 Å². The predicted octanol–water partition coefficient (Wildman–Crippen LogP) is 10.3. The number of rotatable bonds is 20. The number of Topliss-reactive ketones (excluding diaryl/α,β-unsaturated/α-hetero) is 2. The zero-order valence-corrected chi connectivity index (χ0v) is 23.3. The quantitative estimate of drug-likeness (QED) is 0.105. The summed E-state index contributed by atoms with van der Waals surface area (Å²) in [6.45, 7) is 6.69. The summed E-state index contributed by atoms with van der Waals surface area (Å²) in [5.74, 6) is -0.827. The van der Waals surface area contributed by atoms with Crippen LogP contribution in [0.4, 0.5) is 0 Å². The first-order chi connectivity index (χ1) is 17.5. The summed E-state index contributed by atoms with van der Waals surface area (Å²) in [7, 11) is 0. The van der Waals surface area contributed by atoms with Gasteiger partial charge in [-0.2, -0.15) is 0 Å². The fourth-order valence-electron chi connectivity index (χ4n) is 5.19. The Kier molecular flexibility index (Phi) is 14.4. The number of carbonyl (C=O) groups is 2. The molecule has 0 radical (unpaired) electrons. The normalized spacial score (nSPS) is 11.5. The molecule has 0 heterocycles. The highest BCUT2D eigenvalue weighted by Crippen LogP contribution is 2.32. The lowest BCUT2D eigenvalue weighted by atomic mass is 9.76. The number of hydrogen-bond donors (Lipinski definition) is 0. The van der Waals surface area contributed by atoms with Crippen LogP contribution in [0.25, 0.3) is 0 Å². The molecule has 0 amide bonds. The smallest absolute Gasteiger partial charge is 0.233 e. The molecule has 0 spiro atoms. The molecule has 0 unspecified atom stereocenters. The van der Waals surface area contributed by atoms with Gasteiger partial charge in [0.2, 0.25) is 11.6 Å². The van der Waals surface area contributed by atoms with E-state index in [0.717, 1.165) is 18.4 Å². The first-order valence-corrected chi connectivity index (χ1v) is 14.7. The standard InChI is InChI=1S/C34H50O2/c1-4-5-6-7-8-9-10-11-12-13-14-15-16-17-23-28-34(2,3)31-27-22-21-26-30(31)33(36)32(35)29-24-19-18-20-25-29/h18-22,24-27H,4-17,23,28H2,1-3H3. The van der Waals surface area contributed by atoms with Gasteiger partial charge in [0.15, 0.2) is 0 Å². The van der Waals surface area contributed by atoms with Gasteiger partial charge in [0.25, 0.3) is 0 Å². The number of unbranched alkanes of at least 4 members (excludes halogenated alkanes) is 14. The molecule has 2 aromatic rings. The lowest BCUT2D eigenvalue weighted by Crippen LogP contribution is -2.24. The number of benzene rings is 2. The molecular weight excluding hydrogens is 440 g/mol. The summed E-state index contributed by atoms with van der Waals surface area (Å²) < 4.78 is 0. The third kappa shape index (κ3) is 10.8. The fraction of sp³-hybridized carbons (Fsp3) is 0.588. The molecule has 0 bridgehead atoms. The number of hydrogen-bond acceptors (Lipinski definition) is 2. The van der Waals surface area contributed by atoms with E-state index in [2.05, 4.69) is 20.8 Å². The van der Waals surface area contributed by atoms with E-state index in [-0.39, 0.29) is 5.41 Å². The van der Waals surface area contributed by atoms with Gasteiger partial charge in [0.1, 0.15) is 0 Å². The maximum atomic E-state index is 13.1. The van der Waals surface area contributed by atoms with Gasteiger partial charge in [-0.05, 0) is 17.4 Å². The molecule has 0 aliphatic rings. The molecule has 36 heavy (non-hydrogen) atoms. The molecule has 0 aliphatic carbocycles.